The molecule has 0 saturated heterocycles. The van der Waals surface area contributed by atoms with Gasteiger partial charge < -0.3 is 25.2 Å². The third-order valence-electron chi connectivity index (χ3n) is 7.85. The van der Waals surface area contributed by atoms with Gasteiger partial charge in [0, 0.05) is 19.4 Å². The summed E-state index contributed by atoms with van der Waals surface area (Å²) in [6, 6.07) is 0. The number of carbonyl (C=O) groups is 2. The standard InChI is InChI=1S/C43H72NO9P/c1-3-5-7-9-11-13-14-15-16-17-18-20-22-26-30-34-42(46)50-38-41(39-52-54(48,49)51-37-36-44)53-43(47)35-31-27-23-25-29-33-40(45)32-28-24-21-19-12-10-8-6-4-2/h5,7,11-13,15-16,19,23-25,28-29,33,40-41,45H,3-4,6,8-10,14,17-18,20-22,26-27,30-32,34-39,44H2,1-2H3,(H,48,49)/b7-5-,13-11-,16-15-,19-12-,25-23+,28-24-,33-29-/t40?,41-/m1/s1. The van der Waals surface area contributed by atoms with Crippen LogP contribution >= 0.6 is 7.82 Å². The number of phosphoric ester groups is 1. The van der Waals surface area contributed by atoms with Crippen molar-refractivity contribution in [1.82, 2.24) is 0 Å². The molecule has 10 nitrogen and oxygen atoms in total. The molecule has 0 heterocycles. The van der Waals surface area contributed by atoms with Crippen molar-refractivity contribution >= 4 is 19.8 Å². The van der Waals surface area contributed by atoms with Crippen LogP contribution in [0.3, 0.4) is 0 Å². The lowest BCUT2D eigenvalue weighted by Crippen LogP contribution is -2.29. The molecule has 0 saturated carbocycles. The second kappa shape index (κ2) is 38.4. The van der Waals surface area contributed by atoms with Crippen molar-refractivity contribution in [2.24, 2.45) is 5.73 Å². The maximum absolute atomic E-state index is 12.5. The fraction of sp³-hybridized carbons (Fsp3) is 0.628. The van der Waals surface area contributed by atoms with E-state index in [4.69, 9.17) is 24.3 Å². The summed E-state index contributed by atoms with van der Waals surface area (Å²) in [6.07, 6.45) is 43.6. The van der Waals surface area contributed by atoms with E-state index < -0.39 is 38.6 Å². The molecule has 0 aromatic heterocycles. The molecule has 0 aromatic carbocycles. The van der Waals surface area contributed by atoms with Crippen LogP contribution in [-0.4, -0.2) is 60.5 Å². The number of hydrogen-bond acceptors (Lipinski definition) is 9. The molecule has 0 radical (unpaired) electrons. The van der Waals surface area contributed by atoms with Crippen molar-refractivity contribution < 1.29 is 42.7 Å². The highest BCUT2D eigenvalue weighted by molar-refractivity contribution is 7.47. The average Bonchev–Trinajstić information content (AvgIpc) is 3.15. The fourth-order valence-electron chi connectivity index (χ4n) is 4.84. The molecule has 11 heteroatoms. The molecule has 0 fully saturated rings. The Balaban J connectivity index is 4.44. The summed E-state index contributed by atoms with van der Waals surface area (Å²) in [7, 11) is -4.42. The number of esters is 2. The van der Waals surface area contributed by atoms with Gasteiger partial charge >= 0.3 is 19.8 Å². The Morgan fingerprint density at radius 1 is 0.667 bits per heavy atom. The zero-order valence-corrected chi connectivity index (χ0v) is 34.2. The van der Waals surface area contributed by atoms with Crippen LogP contribution in [0.4, 0.5) is 0 Å². The summed E-state index contributed by atoms with van der Waals surface area (Å²) in [5.74, 6) is -0.989. The molecule has 0 aliphatic rings. The van der Waals surface area contributed by atoms with Crippen molar-refractivity contribution in [2.75, 3.05) is 26.4 Å². The average molecular weight is 778 g/mol. The molecule has 0 spiro atoms. The first-order chi connectivity index (χ1) is 26.2. The normalized spacial score (nSPS) is 14.8. The summed E-state index contributed by atoms with van der Waals surface area (Å²) in [5, 5.41) is 10.1. The SMILES string of the molecule is CC/C=C\C/C=C\C/C=C\CCCCCCCC(=O)OC[C@H](COP(=O)(O)OCCN)OC(=O)CCC/C=C/C=C\C(O)C/C=C\C/C=C\CCCCC. The second-order valence-electron chi connectivity index (χ2n) is 13.0. The molecule has 4 N–H and O–H groups in total. The number of aliphatic hydroxyl groups is 1. The molecule has 0 bridgehead atoms. The van der Waals surface area contributed by atoms with Gasteiger partial charge in [0.2, 0.25) is 0 Å². The molecule has 2 unspecified atom stereocenters. The number of unbranched alkanes of at least 4 members (excludes halogenated alkanes) is 9. The quantitative estimate of drug-likeness (QED) is 0.0184. The van der Waals surface area contributed by atoms with Crippen molar-refractivity contribution in [3.8, 4) is 0 Å². The Labute approximate surface area is 326 Å². The fourth-order valence-corrected chi connectivity index (χ4v) is 5.60. The Bertz CT molecular complexity index is 1180. The monoisotopic (exact) mass is 777 g/mol. The zero-order chi connectivity index (χ0) is 39.8. The van der Waals surface area contributed by atoms with E-state index in [1.165, 1.54) is 19.3 Å². The molecular weight excluding hydrogens is 705 g/mol. The van der Waals surface area contributed by atoms with E-state index in [0.717, 1.165) is 64.2 Å². The Kier molecular flexibility index (Phi) is 36.4. The van der Waals surface area contributed by atoms with Crippen molar-refractivity contribution in [3.63, 3.8) is 0 Å². The number of rotatable bonds is 36. The first-order valence-electron chi connectivity index (χ1n) is 20.2. The topological polar surface area (TPSA) is 155 Å². The van der Waals surface area contributed by atoms with Crippen LogP contribution < -0.4 is 5.73 Å². The van der Waals surface area contributed by atoms with Crippen LogP contribution in [0, 0.1) is 0 Å². The molecule has 308 valence electrons. The number of nitrogens with two attached hydrogens (primary N) is 1. The largest absolute Gasteiger partial charge is 0.472 e. The Hall–Kier alpha value is -2.85. The number of allylic oxidation sites excluding steroid dienone is 12. The van der Waals surface area contributed by atoms with E-state index in [1.54, 1.807) is 12.2 Å². The van der Waals surface area contributed by atoms with Gasteiger partial charge in [-0.05, 0) is 77.0 Å². The first-order valence-corrected chi connectivity index (χ1v) is 21.7. The van der Waals surface area contributed by atoms with E-state index in [0.29, 0.717) is 25.7 Å². The summed E-state index contributed by atoms with van der Waals surface area (Å²) >= 11 is 0. The third kappa shape index (κ3) is 37.5. The Morgan fingerprint density at radius 2 is 1.26 bits per heavy atom. The minimum Gasteiger partial charge on any atom is -0.462 e. The van der Waals surface area contributed by atoms with Gasteiger partial charge in [-0.25, -0.2) is 4.57 Å². The van der Waals surface area contributed by atoms with Gasteiger partial charge in [-0.2, -0.15) is 0 Å². The zero-order valence-electron chi connectivity index (χ0n) is 33.3. The molecule has 0 rings (SSSR count). The highest BCUT2D eigenvalue weighted by Crippen LogP contribution is 2.43. The van der Waals surface area contributed by atoms with E-state index in [2.05, 4.69) is 68.5 Å². The second-order valence-corrected chi connectivity index (χ2v) is 14.4. The third-order valence-corrected chi connectivity index (χ3v) is 8.83. The molecule has 0 amide bonds. The van der Waals surface area contributed by atoms with Crippen LogP contribution in [0.1, 0.15) is 136 Å². The van der Waals surface area contributed by atoms with Gasteiger partial charge in [-0.1, -0.05) is 131 Å². The van der Waals surface area contributed by atoms with E-state index in [9.17, 15) is 24.2 Å². The molecule has 0 aliphatic heterocycles. The minimum atomic E-state index is -4.42. The van der Waals surface area contributed by atoms with Gasteiger partial charge in [0.25, 0.3) is 0 Å². The van der Waals surface area contributed by atoms with E-state index in [1.807, 2.05) is 18.2 Å². The van der Waals surface area contributed by atoms with Gasteiger partial charge in [-0.15, -0.1) is 0 Å². The van der Waals surface area contributed by atoms with Crippen molar-refractivity contribution in [1.29, 1.82) is 0 Å². The highest BCUT2D eigenvalue weighted by Gasteiger charge is 2.25. The maximum atomic E-state index is 12.5. The summed E-state index contributed by atoms with van der Waals surface area (Å²) in [5.41, 5.74) is 5.33. The number of carbonyl (C=O) groups excluding carboxylic acids is 2. The highest BCUT2D eigenvalue weighted by atomic mass is 31.2. The van der Waals surface area contributed by atoms with Crippen LogP contribution in [0.25, 0.3) is 0 Å². The maximum Gasteiger partial charge on any atom is 0.472 e. The molecule has 0 aromatic rings. The lowest BCUT2D eigenvalue weighted by molar-refractivity contribution is -0.161. The van der Waals surface area contributed by atoms with Crippen LogP contribution in [0.5, 0.6) is 0 Å². The van der Waals surface area contributed by atoms with Gasteiger partial charge in [0.15, 0.2) is 6.10 Å². The van der Waals surface area contributed by atoms with Gasteiger partial charge in [0.05, 0.1) is 19.3 Å². The smallest absolute Gasteiger partial charge is 0.462 e. The predicted octanol–water partition coefficient (Wildman–Crippen LogP) is 10.2. The van der Waals surface area contributed by atoms with Crippen molar-refractivity contribution in [3.05, 3.63) is 85.1 Å². The summed E-state index contributed by atoms with van der Waals surface area (Å²) in [6.45, 7) is 3.37. The van der Waals surface area contributed by atoms with Crippen LogP contribution in [0.15, 0.2) is 85.1 Å². The predicted molar refractivity (Wildman–Crippen MR) is 221 cm³/mol. The summed E-state index contributed by atoms with van der Waals surface area (Å²) in [4.78, 5) is 34.8. The van der Waals surface area contributed by atoms with Crippen LogP contribution in [-0.2, 0) is 32.7 Å². The molecule has 3 atom stereocenters. The lowest BCUT2D eigenvalue weighted by atomic mass is 10.1. The van der Waals surface area contributed by atoms with Crippen molar-refractivity contribution in [2.45, 2.75) is 148 Å². The molecule has 0 aliphatic carbocycles. The van der Waals surface area contributed by atoms with E-state index in [-0.39, 0.29) is 32.6 Å². The van der Waals surface area contributed by atoms with Crippen LogP contribution in [0.2, 0.25) is 0 Å². The lowest BCUT2D eigenvalue weighted by Gasteiger charge is -2.19. The Morgan fingerprint density at radius 3 is 1.94 bits per heavy atom. The van der Waals surface area contributed by atoms with E-state index >= 15 is 0 Å². The number of hydrogen-bond donors (Lipinski definition) is 3. The number of ether oxygens (including phenoxy) is 2. The first kappa shape index (κ1) is 51.1. The number of aliphatic hydroxyl groups excluding tert-OH is 1. The minimum absolute atomic E-state index is 0.0238. The van der Waals surface area contributed by atoms with Gasteiger partial charge in [-0.3, -0.25) is 18.6 Å². The number of phosphoric acid groups is 1. The van der Waals surface area contributed by atoms with Gasteiger partial charge in [0.1, 0.15) is 6.61 Å². The molecule has 54 heavy (non-hydrogen) atoms. The summed E-state index contributed by atoms with van der Waals surface area (Å²) < 4.78 is 32.6. The molecular formula is C43H72NO9P.